The predicted octanol–water partition coefficient (Wildman–Crippen LogP) is 2.98. The molecular formula is C22H34N2O3. The van der Waals surface area contributed by atoms with Gasteiger partial charge in [-0.3, -0.25) is 4.79 Å². The van der Waals surface area contributed by atoms with Gasteiger partial charge in [-0.05, 0) is 62.4 Å². The van der Waals surface area contributed by atoms with Gasteiger partial charge in [0, 0.05) is 26.2 Å². The summed E-state index contributed by atoms with van der Waals surface area (Å²) in [4.78, 5) is 17.7. The molecule has 1 aromatic rings. The summed E-state index contributed by atoms with van der Waals surface area (Å²) in [7, 11) is 3.36. The minimum Gasteiger partial charge on any atom is -0.497 e. The number of ether oxygens (including phenoxy) is 2. The topological polar surface area (TPSA) is 42.0 Å². The Morgan fingerprint density at radius 1 is 1.11 bits per heavy atom. The highest BCUT2D eigenvalue weighted by atomic mass is 16.5. The van der Waals surface area contributed by atoms with E-state index in [9.17, 15) is 4.79 Å². The van der Waals surface area contributed by atoms with Crippen molar-refractivity contribution >= 4 is 5.91 Å². The van der Waals surface area contributed by atoms with Crippen LogP contribution in [0.25, 0.3) is 0 Å². The highest BCUT2D eigenvalue weighted by Crippen LogP contribution is 2.31. The molecule has 0 spiro atoms. The highest BCUT2D eigenvalue weighted by Gasteiger charge is 2.34. The molecule has 5 heteroatoms. The van der Waals surface area contributed by atoms with E-state index >= 15 is 0 Å². The summed E-state index contributed by atoms with van der Waals surface area (Å²) < 4.78 is 10.5. The number of fused-ring (bicyclic) bond motifs is 1. The van der Waals surface area contributed by atoms with Gasteiger partial charge in [0.15, 0.2) is 0 Å². The molecule has 1 aromatic carbocycles. The Morgan fingerprint density at radius 3 is 2.63 bits per heavy atom. The lowest BCUT2D eigenvalue weighted by Crippen LogP contribution is -2.52. The van der Waals surface area contributed by atoms with Crippen molar-refractivity contribution in [2.75, 3.05) is 47.0 Å². The summed E-state index contributed by atoms with van der Waals surface area (Å²) >= 11 is 0. The standard InChI is InChI=1S/C22H34N2O3/c1-26-15-14-24(22(25)16-18-8-10-20(27-2)11-9-18)17-19-6-5-13-23-12-4-3-7-21(19)23/h8-11,19,21H,3-7,12-17H2,1-2H3/t19-,21-/m1/s1. The third-order valence-electron chi connectivity index (χ3n) is 6.12. The van der Waals surface area contributed by atoms with Crippen molar-refractivity contribution in [2.24, 2.45) is 5.92 Å². The molecular weight excluding hydrogens is 340 g/mol. The Morgan fingerprint density at radius 2 is 1.89 bits per heavy atom. The fraction of sp³-hybridized carbons (Fsp3) is 0.682. The fourth-order valence-corrected chi connectivity index (χ4v) is 4.62. The number of amides is 1. The second-order valence-electron chi connectivity index (χ2n) is 7.86. The van der Waals surface area contributed by atoms with E-state index in [-0.39, 0.29) is 5.91 Å². The predicted molar refractivity (Wildman–Crippen MR) is 107 cm³/mol. The Balaban J connectivity index is 1.63. The molecule has 0 radical (unpaired) electrons. The monoisotopic (exact) mass is 374 g/mol. The maximum Gasteiger partial charge on any atom is 0.227 e. The first-order chi connectivity index (χ1) is 13.2. The minimum atomic E-state index is 0.199. The minimum absolute atomic E-state index is 0.199. The van der Waals surface area contributed by atoms with E-state index in [0.29, 0.717) is 31.5 Å². The first-order valence-corrected chi connectivity index (χ1v) is 10.3. The molecule has 2 heterocycles. The molecule has 0 unspecified atom stereocenters. The van der Waals surface area contributed by atoms with Crippen LogP contribution in [0.4, 0.5) is 0 Å². The number of nitrogens with zero attached hydrogens (tertiary/aromatic N) is 2. The van der Waals surface area contributed by atoms with Crippen molar-refractivity contribution in [1.82, 2.24) is 9.80 Å². The average Bonchev–Trinajstić information content (AvgIpc) is 2.71. The number of methoxy groups -OCH3 is 2. The molecule has 2 saturated heterocycles. The molecule has 0 N–H and O–H groups in total. The molecule has 2 aliphatic rings. The van der Waals surface area contributed by atoms with E-state index in [0.717, 1.165) is 17.9 Å². The van der Waals surface area contributed by atoms with Gasteiger partial charge in [-0.25, -0.2) is 0 Å². The molecule has 27 heavy (non-hydrogen) atoms. The third kappa shape index (κ3) is 5.45. The smallest absolute Gasteiger partial charge is 0.227 e. The van der Waals surface area contributed by atoms with Crippen LogP contribution in [-0.2, 0) is 16.0 Å². The summed E-state index contributed by atoms with van der Waals surface area (Å²) in [6, 6.07) is 8.46. The maximum atomic E-state index is 13.0. The fourth-order valence-electron chi connectivity index (χ4n) is 4.62. The number of hydrogen-bond acceptors (Lipinski definition) is 4. The van der Waals surface area contributed by atoms with Gasteiger partial charge in [-0.15, -0.1) is 0 Å². The van der Waals surface area contributed by atoms with Gasteiger partial charge in [0.1, 0.15) is 5.75 Å². The molecule has 0 aromatic heterocycles. The van der Waals surface area contributed by atoms with Crippen LogP contribution in [0, 0.1) is 5.92 Å². The van der Waals surface area contributed by atoms with Gasteiger partial charge in [0.05, 0.1) is 20.1 Å². The van der Waals surface area contributed by atoms with E-state index in [1.54, 1.807) is 14.2 Å². The van der Waals surface area contributed by atoms with Gasteiger partial charge in [-0.2, -0.15) is 0 Å². The number of piperidine rings is 2. The summed E-state index contributed by atoms with van der Waals surface area (Å²) in [6.07, 6.45) is 6.87. The second-order valence-corrected chi connectivity index (χ2v) is 7.86. The van der Waals surface area contributed by atoms with Crippen molar-refractivity contribution in [3.8, 4) is 5.75 Å². The van der Waals surface area contributed by atoms with Crippen LogP contribution in [0.3, 0.4) is 0 Å². The van der Waals surface area contributed by atoms with E-state index < -0.39 is 0 Å². The lowest BCUT2D eigenvalue weighted by Gasteiger charge is -2.45. The molecule has 2 atom stereocenters. The number of rotatable bonds is 8. The van der Waals surface area contributed by atoms with E-state index in [1.807, 2.05) is 29.2 Å². The summed E-state index contributed by atoms with van der Waals surface area (Å²) in [5.41, 5.74) is 1.03. The van der Waals surface area contributed by atoms with Crippen molar-refractivity contribution in [3.05, 3.63) is 29.8 Å². The van der Waals surface area contributed by atoms with Gasteiger partial charge in [0.2, 0.25) is 5.91 Å². The van der Waals surface area contributed by atoms with Crippen LogP contribution < -0.4 is 4.74 Å². The van der Waals surface area contributed by atoms with Crippen LogP contribution in [0.15, 0.2) is 24.3 Å². The zero-order chi connectivity index (χ0) is 19.1. The molecule has 0 aliphatic carbocycles. The van der Waals surface area contributed by atoms with Crippen molar-refractivity contribution in [3.63, 3.8) is 0 Å². The summed E-state index contributed by atoms with van der Waals surface area (Å²) in [6.45, 7) is 4.60. The van der Waals surface area contributed by atoms with Gasteiger partial charge in [0.25, 0.3) is 0 Å². The molecule has 0 bridgehead atoms. The van der Waals surface area contributed by atoms with Gasteiger partial charge >= 0.3 is 0 Å². The highest BCUT2D eigenvalue weighted by molar-refractivity contribution is 5.78. The van der Waals surface area contributed by atoms with Crippen LogP contribution in [0.1, 0.15) is 37.7 Å². The Hall–Kier alpha value is -1.59. The molecule has 0 saturated carbocycles. The number of benzene rings is 1. The first-order valence-electron chi connectivity index (χ1n) is 10.3. The normalized spacial score (nSPS) is 22.9. The van der Waals surface area contributed by atoms with E-state index in [1.165, 1.54) is 45.2 Å². The zero-order valence-electron chi connectivity index (χ0n) is 16.9. The van der Waals surface area contributed by atoms with Crippen LogP contribution in [0.2, 0.25) is 0 Å². The second kappa shape index (κ2) is 10.1. The number of hydrogen-bond donors (Lipinski definition) is 0. The Labute approximate surface area is 163 Å². The largest absolute Gasteiger partial charge is 0.497 e. The summed E-state index contributed by atoms with van der Waals surface area (Å²) in [5.74, 6) is 1.61. The Bertz CT molecular complexity index is 588. The molecule has 150 valence electrons. The maximum absolute atomic E-state index is 13.0. The van der Waals surface area contributed by atoms with Gasteiger partial charge in [-0.1, -0.05) is 18.6 Å². The Kier molecular flexibility index (Phi) is 7.53. The molecule has 3 rings (SSSR count). The molecule has 5 nitrogen and oxygen atoms in total. The van der Waals surface area contributed by atoms with E-state index in [4.69, 9.17) is 9.47 Å². The van der Waals surface area contributed by atoms with Crippen molar-refractivity contribution < 1.29 is 14.3 Å². The number of carbonyl (C=O) groups excluding carboxylic acids is 1. The van der Waals surface area contributed by atoms with E-state index in [2.05, 4.69) is 4.90 Å². The SMILES string of the molecule is COCCN(C[C@H]1CCCN2CCCC[C@H]12)C(=O)Cc1ccc(OC)cc1. The van der Waals surface area contributed by atoms with Crippen molar-refractivity contribution in [2.45, 2.75) is 44.6 Å². The summed E-state index contributed by atoms with van der Waals surface area (Å²) in [5, 5.41) is 0. The molecule has 2 aliphatic heterocycles. The van der Waals surface area contributed by atoms with Crippen LogP contribution in [0.5, 0.6) is 5.75 Å². The lowest BCUT2D eigenvalue weighted by molar-refractivity contribution is -0.132. The first kappa shape index (κ1) is 20.2. The number of carbonyl (C=O) groups is 1. The van der Waals surface area contributed by atoms with Crippen LogP contribution >= 0.6 is 0 Å². The quantitative estimate of drug-likeness (QED) is 0.702. The lowest BCUT2D eigenvalue weighted by atomic mass is 9.83. The molecule has 1 amide bonds. The average molecular weight is 375 g/mol. The van der Waals surface area contributed by atoms with Crippen molar-refractivity contribution in [1.29, 1.82) is 0 Å². The molecule has 2 fully saturated rings. The van der Waals surface area contributed by atoms with Crippen LogP contribution in [-0.4, -0.2) is 68.8 Å². The zero-order valence-corrected chi connectivity index (χ0v) is 16.9. The van der Waals surface area contributed by atoms with Gasteiger partial charge < -0.3 is 19.3 Å². The third-order valence-corrected chi connectivity index (χ3v) is 6.12.